The lowest BCUT2D eigenvalue weighted by molar-refractivity contribution is 0.266. The van der Waals surface area contributed by atoms with E-state index in [0.29, 0.717) is 11.5 Å². The van der Waals surface area contributed by atoms with Crippen LogP contribution in [0.1, 0.15) is 18.5 Å². The van der Waals surface area contributed by atoms with Crippen LogP contribution in [0.15, 0.2) is 12.4 Å². The molecule has 2 rings (SSSR count). The zero-order chi connectivity index (χ0) is 11.5. The van der Waals surface area contributed by atoms with Gasteiger partial charge in [0.05, 0.1) is 12.6 Å². The molecule has 6 heteroatoms. The van der Waals surface area contributed by atoms with Crippen LogP contribution in [0.2, 0.25) is 0 Å². The maximum atomic E-state index is 9.27. The highest BCUT2D eigenvalue weighted by Crippen LogP contribution is 2.25. The topological polar surface area (TPSA) is 75.3 Å². The third-order valence-electron chi connectivity index (χ3n) is 2.77. The first-order valence-electron chi connectivity index (χ1n) is 5.22. The lowest BCUT2D eigenvalue weighted by Gasteiger charge is -2.25. The number of hydrogen-bond donors (Lipinski definition) is 2. The number of nitrogens with zero attached hydrogens (tertiary/aromatic N) is 3. The van der Waals surface area contributed by atoms with Gasteiger partial charge in [-0.15, -0.1) is 0 Å². The molecule has 0 bridgehead atoms. The van der Waals surface area contributed by atoms with Crippen molar-refractivity contribution in [2.24, 2.45) is 5.73 Å². The fourth-order valence-electron chi connectivity index (χ4n) is 2.02. The van der Waals surface area contributed by atoms with Crippen molar-refractivity contribution >= 4 is 23.0 Å². The van der Waals surface area contributed by atoms with E-state index in [1.54, 1.807) is 12.4 Å². The van der Waals surface area contributed by atoms with E-state index in [9.17, 15) is 5.11 Å². The number of thiocarbonyl (C=S) groups is 1. The largest absolute Gasteiger partial charge is 0.394 e. The Labute approximate surface area is 99.3 Å². The Morgan fingerprint density at radius 1 is 1.56 bits per heavy atom. The van der Waals surface area contributed by atoms with Crippen molar-refractivity contribution in [3.63, 3.8) is 0 Å². The molecular formula is C10H14N4OS. The molecule has 5 nitrogen and oxygen atoms in total. The molecule has 2 heterocycles. The molecule has 86 valence electrons. The van der Waals surface area contributed by atoms with Crippen molar-refractivity contribution < 1.29 is 5.11 Å². The van der Waals surface area contributed by atoms with Crippen molar-refractivity contribution in [3.8, 4) is 0 Å². The van der Waals surface area contributed by atoms with Crippen LogP contribution in [0.5, 0.6) is 0 Å². The maximum absolute atomic E-state index is 9.27. The minimum Gasteiger partial charge on any atom is -0.394 e. The van der Waals surface area contributed by atoms with E-state index < -0.39 is 0 Å². The fourth-order valence-corrected chi connectivity index (χ4v) is 2.16. The highest BCUT2D eigenvalue weighted by Gasteiger charge is 2.27. The zero-order valence-corrected chi connectivity index (χ0v) is 9.65. The average molecular weight is 238 g/mol. The molecule has 0 saturated carbocycles. The number of rotatable bonds is 3. The summed E-state index contributed by atoms with van der Waals surface area (Å²) in [5, 5.41) is 9.27. The summed E-state index contributed by atoms with van der Waals surface area (Å²) in [5.74, 6) is 0.687. The molecule has 0 aliphatic carbocycles. The summed E-state index contributed by atoms with van der Waals surface area (Å²) in [6, 6.07) is 0.102. The third-order valence-corrected chi connectivity index (χ3v) is 2.97. The van der Waals surface area contributed by atoms with Crippen LogP contribution in [0.25, 0.3) is 0 Å². The van der Waals surface area contributed by atoms with Gasteiger partial charge in [-0.2, -0.15) is 0 Å². The smallest absolute Gasteiger partial charge is 0.157 e. The van der Waals surface area contributed by atoms with Gasteiger partial charge in [0.25, 0.3) is 0 Å². The van der Waals surface area contributed by atoms with Gasteiger partial charge < -0.3 is 15.7 Å². The minimum atomic E-state index is 0.102. The molecule has 0 aromatic carbocycles. The Morgan fingerprint density at radius 2 is 2.31 bits per heavy atom. The predicted molar refractivity (Wildman–Crippen MR) is 65.4 cm³/mol. The van der Waals surface area contributed by atoms with Crippen molar-refractivity contribution in [1.82, 2.24) is 9.97 Å². The Balaban J connectivity index is 2.35. The van der Waals surface area contributed by atoms with Crippen molar-refractivity contribution in [2.75, 3.05) is 18.1 Å². The van der Waals surface area contributed by atoms with E-state index >= 15 is 0 Å². The highest BCUT2D eigenvalue weighted by molar-refractivity contribution is 7.80. The fraction of sp³-hybridized carbons (Fsp3) is 0.500. The standard InChI is InChI=1S/C10H14N4OS/c11-9(16)8-10(13-4-3-12-8)14-5-1-2-7(14)6-15/h3-4,7,15H,1-2,5-6H2,(H2,11,16). The van der Waals surface area contributed by atoms with Gasteiger partial charge in [-0.1, -0.05) is 12.2 Å². The summed E-state index contributed by atoms with van der Waals surface area (Å²) < 4.78 is 0. The normalized spacial score (nSPS) is 20.1. The molecule has 1 unspecified atom stereocenters. The van der Waals surface area contributed by atoms with Crippen LogP contribution in [-0.4, -0.2) is 39.3 Å². The van der Waals surface area contributed by atoms with Gasteiger partial charge in [-0.25, -0.2) is 9.97 Å². The van der Waals surface area contributed by atoms with Crippen LogP contribution < -0.4 is 10.6 Å². The highest BCUT2D eigenvalue weighted by atomic mass is 32.1. The lowest BCUT2D eigenvalue weighted by Crippen LogP contribution is -2.34. The number of aliphatic hydroxyl groups excluding tert-OH is 1. The SMILES string of the molecule is NC(=S)c1nccnc1N1CCCC1CO. The molecule has 1 aliphatic rings. The minimum absolute atomic E-state index is 0.102. The first-order valence-corrected chi connectivity index (χ1v) is 5.63. The second-order valence-corrected chi connectivity index (χ2v) is 4.20. The summed E-state index contributed by atoms with van der Waals surface area (Å²) in [6.45, 7) is 0.979. The predicted octanol–water partition coefficient (Wildman–Crippen LogP) is 0.0719. The molecule has 0 spiro atoms. The quantitative estimate of drug-likeness (QED) is 0.726. The second kappa shape index (κ2) is 4.71. The van der Waals surface area contributed by atoms with Crippen molar-refractivity contribution in [1.29, 1.82) is 0 Å². The van der Waals surface area contributed by atoms with Crippen LogP contribution in [-0.2, 0) is 0 Å². The molecule has 16 heavy (non-hydrogen) atoms. The van der Waals surface area contributed by atoms with Crippen LogP contribution in [0, 0.1) is 0 Å². The van der Waals surface area contributed by atoms with E-state index in [4.69, 9.17) is 18.0 Å². The average Bonchev–Trinajstić information content (AvgIpc) is 2.76. The Morgan fingerprint density at radius 3 is 3.00 bits per heavy atom. The Kier molecular flexibility index (Phi) is 3.31. The van der Waals surface area contributed by atoms with E-state index in [0.717, 1.165) is 19.4 Å². The number of nitrogens with two attached hydrogens (primary N) is 1. The van der Waals surface area contributed by atoms with E-state index in [-0.39, 0.29) is 17.6 Å². The molecule has 3 N–H and O–H groups in total. The number of anilines is 1. The molecule has 0 radical (unpaired) electrons. The number of hydrogen-bond acceptors (Lipinski definition) is 5. The molecule has 0 amide bonds. The summed E-state index contributed by atoms with van der Waals surface area (Å²) in [6.07, 6.45) is 5.19. The molecule has 1 atom stereocenters. The summed E-state index contributed by atoms with van der Waals surface area (Å²) in [7, 11) is 0. The third kappa shape index (κ3) is 1.98. The monoisotopic (exact) mass is 238 g/mol. The van der Waals surface area contributed by atoms with E-state index in [2.05, 4.69) is 9.97 Å². The molecule has 1 saturated heterocycles. The lowest BCUT2D eigenvalue weighted by atomic mass is 10.2. The number of aromatic nitrogens is 2. The van der Waals surface area contributed by atoms with E-state index in [1.807, 2.05) is 4.90 Å². The van der Waals surface area contributed by atoms with E-state index in [1.165, 1.54) is 0 Å². The van der Waals surface area contributed by atoms with Gasteiger partial charge >= 0.3 is 0 Å². The maximum Gasteiger partial charge on any atom is 0.157 e. The van der Waals surface area contributed by atoms with Crippen LogP contribution in [0.3, 0.4) is 0 Å². The van der Waals surface area contributed by atoms with Crippen molar-refractivity contribution in [3.05, 3.63) is 18.1 Å². The molecule has 1 aromatic heterocycles. The molecule has 1 fully saturated rings. The van der Waals surface area contributed by atoms with Crippen molar-refractivity contribution in [2.45, 2.75) is 18.9 Å². The zero-order valence-electron chi connectivity index (χ0n) is 8.83. The Hall–Kier alpha value is -1.27. The molecular weight excluding hydrogens is 224 g/mol. The van der Waals surface area contributed by atoms with Gasteiger partial charge in [0.15, 0.2) is 5.82 Å². The second-order valence-electron chi connectivity index (χ2n) is 3.76. The van der Waals surface area contributed by atoms with Gasteiger partial charge in [-0.3, -0.25) is 0 Å². The van der Waals surface area contributed by atoms with Crippen LogP contribution in [0.4, 0.5) is 5.82 Å². The van der Waals surface area contributed by atoms with Gasteiger partial charge in [0, 0.05) is 18.9 Å². The van der Waals surface area contributed by atoms with Gasteiger partial charge in [-0.05, 0) is 12.8 Å². The molecule has 1 aromatic rings. The summed E-state index contributed by atoms with van der Waals surface area (Å²) >= 11 is 4.95. The summed E-state index contributed by atoms with van der Waals surface area (Å²) in [4.78, 5) is 10.7. The first kappa shape index (κ1) is 11.2. The molecule has 1 aliphatic heterocycles. The number of aliphatic hydroxyl groups is 1. The Bertz CT molecular complexity index is 398. The van der Waals surface area contributed by atoms with Crippen LogP contribution >= 0.6 is 12.2 Å². The van der Waals surface area contributed by atoms with Gasteiger partial charge in [0.1, 0.15) is 10.7 Å². The summed E-state index contributed by atoms with van der Waals surface area (Å²) in [5.41, 5.74) is 6.15. The first-order chi connectivity index (χ1) is 7.74. The van der Waals surface area contributed by atoms with Gasteiger partial charge in [0.2, 0.25) is 0 Å².